The summed E-state index contributed by atoms with van der Waals surface area (Å²) in [5, 5.41) is 13.7. The van der Waals surface area contributed by atoms with Gasteiger partial charge in [0.15, 0.2) is 0 Å². The zero-order chi connectivity index (χ0) is 32.5. The highest BCUT2D eigenvalue weighted by Crippen LogP contribution is 2.36. The molecule has 0 aliphatic rings. The summed E-state index contributed by atoms with van der Waals surface area (Å²) in [5.74, 6) is -0.552. The molecule has 0 atom stereocenters. The van der Waals surface area contributed by atoms with Crippen LogP contribution in [0.1, 0.15) is 57.0 Å². The van der Waals surface area contributed by atoms with Crippen LogP contribution in [-0.4, -0.2) is 48.9 Å². The van der Waals surface area contributed by atoms with Crippen LogP contribution in [0.15, 0.2) is 59.6 Å². The molecule has 1 amide bonds. The van der Waals surface area contributed by atoms with E-state index in [1.807, 2.05) is 61.5 Å². The maximum Gasteiger partial charge on any atom is 0.348 e. The Kier molecular flexibility index (Phi) is 11.4. The molecule has 0 fully saturated rings. The molecule has 11 heteroatoms. The van der Waals surface area contributed by atoms with E-state index in [0.717, 1.165) is 33.6 Å². The molecule has 4 rings (SSSR count). The van der Waals surface area contributed by atoms with Crippen LogP contribution in [0.2, 0.25) is 0 Å². The van der Waals surface area contributed by atoms with Crippen LogP contribution < -0.4 is 10.1 Å². The predicted octanol–water partition coefficient (Wildman–Crippen LogP) is 7.45. The molecule has 2 aromatic heterocycles. The molecule has 0 aliphatic carbocycles. The van der Waals surface area contributed by atoms with Crippen LogP contribution in [0.3, 0.4) is 0 Å². The molecule has 0 unspecified atom stereocenters. The van der Waals surface area contributed by atoms with Crippen molar-refractivity contribution >= 4 is 45.9 Å². The molecule has 0 aliphatic heterocycles. The lowest BCUT2D eigenvalue weighted by Gasteiger charge is -2.13. The van der Waals surface area contributed by atoms with Gasteiger partial charge >= 0.3 is 11.9 Å². The summed E-state index contributed by atoms with van der Waals surface area (Å²) in [5.41, 5.74) is 5.19. The number of esters is 2. The maximum absolute atomic E-state index is 13.1. The maximum atomic E-state index is 13.1. The second-order valence-corrected chi connectivity index (χ2v) is 11.9. The third-order valence-electron chi connectivity index (χ3n) is 6.75. The lowest BCUT2D eigenvalue weighted by atomic mass is 9.98. The Hall–Kier alpha value is -4.66. The number of anilines is 1. The summed E-state index contributed by atoms with van der Waals surface area (Å²) in [4.78, 5) is 43.3. The summed E-state index contributed by atoms with van der Waals surface area (Å²) in [6.45, 7) is 7.31. The summed E-state index contributed by atoms with van der Waals surface area (Å²) in [7, 11) is 1.60. The monoisotopic (exact) mass is 643 g/mol. The number of nitriles is 1. The topological polar surface area (TPSA) is 128 Å². The van der Waals surface area contributed by atoms with Gasteiger partial charge in [0, 0.05) is 23.3 Å². The molecular formula is C34H33N3O6S2. The number of aryl methyl sites for hydroxylation is 1. The Balaban J connectivity index is 1.60. The van der Waals surface area contributed by atoms with E-state index in [2.05, 4.69) is 11.4 Å². The van der Waals surface area contributed by atoms with Gasteiger partial charge in [-0.2, -0.15) is 5.26 Å². The van der Waals surface area contributed by atoms with Gasteiger partial charge in [-0.1, -0.05) is 29.8 Å². The van der Waals surface area contributed by atoms with Crippen molar-refractivity contribution in [1.29, 1.82) is 5.26 Å². The predicted molar refractivity (Wildman–Crippen MR) is 176 cm³/mol. The average Bonchev–Trinajstić information content (AvgIpc) is 3.36. The van der Waals surface area contributed by atoms with Crippen LogP contribution in [0.5, 0.6) is 5.75 Å². The Morgan fingerprint density at radius 2 is 1.60 bits per heavy atom. The van der Waals surface area contributed by atoms with Gasteiger partial charge in [0.2, 0.25) is 5.91 Å². The molecule has 0 radical (unpaired) electrons. The molecule has 4 aromatic rings. The average molecular weight is 644 g/mol. The number of amides is 1. The van der Waals surface area contributed by atoms with Crippen molar-refractivity contribution in [2.75, 3.05) is 31.4 Å². The largest absolute Gasteiger partial charge is 0.497 e. The van der Waals surface area contributed by atoms with Crippen LogP contribution in [0, 0.1) is 25.2 Å². The van der Waals surface area contributed by atoms with Crippen molar-refractivity contribution in [2.24, 2.45) is 0 Å². The fourth-order valence-corrected chi connectivity index (χ4v) is 6.52. The van der Waals surface area contributed by atoms with Crippen molar-refractivity contribution in [3.05, 3.63) is 81.7 Å². The highest BCUT2D eigenvalue weighted by atomic mass is 32.2. The van der Waals surface area contributed by atoms with E-state index >= 15 is 0 Å². The van der Waals surface area contributed by atoms with Crippen molar-refractivity contribution < 1.29 is 28.6 Å². The van der Waals surface area contributed by atoms with Gasteiger partial charge in [-0.05, 0) is 69.2 Å². The molecule has 45 heavy (non-hydrogen) atoms. The fourth-order valence-electron chi connectivity index (χ4n) is 4.48. The van der Waals surface area contributed by atoms with Gasteiger partial charge in [0.05, 0.1) is 37.1 Å². The highest BCUT2D eigenvalue weighted by molar-refractivity contribution is 7.99. The first-order valence-corrected chi connectivity index (χ1v) is 16.1. The molecule has 2 aromatic carbocycles. The highest BCUT2D eigenvalue weighted by Gasteiger charge is 2.27. The van der Waals surface area contributed by atoms with E-state index in [-0.39, 0.29) is 41.0 Å². The van der Waals surface area contributed by atoms with Crippen molar-refractivity contribution in [1.82, 2.24) is 4.98 Å². The Labute approximate surface area is 270 Å². The third-order valence-corrected chi connectivity index (χ3v) is 8.92. The molecule has 0 bridgehead atoms. The molecule has 232 valence electrons. The quantitative estimate of drug-likeness (QED) is 0.124. The molecule has 0 saturated carbocycles. The first kappa shape index (κ1) is 33.2. The van der Waals surface area contributed by atoms with E-state index in [4.69, 9.17) is 19.2 Å². The van der Waals surface area contributed by atoms with E-state index in [1.54, 1.807) is 27.9 Å². The first-order valence-electron chi connectivity index (χ1n) is 14.3. The van der Waals surface area contributed by atoms with Gasteiger partial charge < -0.3 is 19.5 Å². The van der Waals surface area contributed by atoms with Crippen LogP contribution in [0.25, 0.3) is 22.4 Å². The number of pyridine rings is 1. The number of aromatic nitrogens is 1. The molecule has 1 N–H and O–H groups in total. The fraction of sp³-hybridized carbons (Fsp3) is 0.265. The number of thiophene rings is 1. The van der Waals surface area contributed by atoms with Gasteiger partial charge in [-0.15, -0.1) is 23.1 Å². The van der Waals surface area contributed by atoms with Crippen molar-refractivity contribution in [2.45, 2.75) is 39.1 Å². The van der Waals surface area contributed by atoms with Crippen molar-refractivity contribution in [3.63, 3.8) is 0 Å². The standard InChI is InChI=1S/C34H33N3O6S2/c1-6-42-33(39)29-21(4)30(34(40)43-7-2)45-32(29)37-28(38)16-17-44-31-26(19-35)25(22-10-8-20(3)9-11-22)18-27(36-31)23-12-14-24(41-5)15-13-23/h8-15,18H,6-7,16-17H2,1-5H3,(H,37,38). The second kappa shape index (κ2) is 15.4. The number of methoxy groups -OCH3 is 1. The van der Waals surface area contributed by atoms with Gasteiger partial charge in [0.1, 0.15) is 26.7 Å². The second-order valence-electron chi connectivity index (χ2n) is 9.79. The number of benzene rings is 2. The molecular weight excluding hydrogens is 611 g/mol. The van der Waals surface area contributed by atoms with E-state index in [9.17, 15) is 19.6 Å². The Bertz CT molecular complexity index is 1740. The number of carbonyl (C=O) groups is 3. The smallest absolute Gasteiger partial charge is 0.348 e. The number of rotatable bonds is 12. The number of carbonyl (C=O) groups excluding carboxylic acids is 3. The van der Waals surface area contributed by atoms with Crippen LogP contribution in [-0.2, 0) is 14.3 Å². The number of ether oxygens (including phenoxy) is 3. The number of thioether (sulfide) groups is 1. The van der Waals surface area contributed by atoms with E-state index in [1.165, 1.54) is 11.8 Å². The summed E-state index contributed by atoms with van der Waals surface area (Å²) >= 11 is 2.27. The summed E-state index contributed by atoms with van der Waals surface area (Å²) < 4.78 is 15.6. The minimum absolute atomic E-state index is 0.0534. The number of nitrogens with one attached hydrogen (secondary N) is 1. The molecule has 0 spiro atoms. The third kappa shape index (κ3) is 7.90. The first-order chi connectivity index (χ1) is 21.7. The normalized spacial score (nSPS) is 10.6. The Morgan fingerprint density at radius 1 is 0.956 bits per heavy atom. The lowest BCUT2D eigenvalue weighted by Crippen LogP contribution is -2.15. The van der Waals surface area contributed by atoms with Gasteiger partial charge in [-0.25, -0.2) is 14.6 Å². The minimum atomic E-state index is -0.631. The number of nitrogens with zero attached hydrogens (tertiary/aromatic N) is 2. The zero-order valence-corrected chi connectivity index (χ0v) is 27.3. The van der Waals surface area contributed by atoms with Gasteiger partial charge in [0.25, 0.3) is 0 Å². The SMILES string of the molecule is CCOC(=O)c1sc(NC(=O)CCSc2nc(-c3ccc(OC)cc3)cc(-c3ccc(C)cc3)c2C#N)c(C(=O)OCC)c1C. The number of hydrogen-bond donors (Lipinski definition) is 1. The van der Waals surface area contributed by atoms with E-state index < -0.39 is 11.9 Å². The van der Waals surface area contributed by atoms with Crippen LogP contribution >= 0.6 is 23.1 Å². The van der Waals surface area contributed by atoms with Crippen molar-refractivity contribution in [3.8, 4) is 34.2 Å². The van der Waals surface area contributed by atoms with Gasteiger partial charge in [-0.3, -0.25) is 4.79 Å². The summed E-state index contributed by atoms with van der Waals surface area (Å²) in [6, 6.07) is 19.7. The molecule has 2 heterocycles. The minimum Gasteiger partial charge on any atom is -0.497 e. The van der Waals surface area contributed by atoms with E-state index in [0.29, 0.717) is 33.3 Å². The summed E-state index contributed by atoms with van der Waals surface area (Å²) in [6.07, 6.45) is 0.0534. The zero-order valence-electron chi connectivity index (χ0n) is 25.7. The van der Waals surface area contributed by atoms with Crippen LogP contribution in [0.4, 0.5) is 5.00 Å². The number of hydrogen-bond acceptors (Lipinski definition) is 10. The molecule has 0 saturated heterocycles. The lowest BCUT2D eigenvalue weighted by molar-refractivity contribution is -0.115. The molecule has 9 nitrogen and oxygen atoms in total. The Morgan fingerprint density at radius 3 is 2.22 bits per heavy atom.